The van der Waals surface area contributed by atoms with Crippen LogP contribution in [0.2, 0.25) is 5.02 Å². The SMILES string of the molecule is CCN1CCN(Cc2c(C)cc(Cl)cc2-c2ccnc3cc(CN4C(=O)C5C(C4=O)C5(C)C)sc23)[C@@H](C)C1. The maximum Gasteiger partial charge on any atom is 0.234 e. The zero-order valence-electron chi connectivity index (χ0n) is 22.8. The molecule has 2 aromatic heterocycles. The number of amides is 2. The van der Waals surface area contributed by atoms with E-state index in [0.717, 1.165) is 64.0 Å². The Labute approximate surface area is 233 Å². The number of halogens is 1. The van der Waals surface area contributed by atoms with Crippen LogP contribution in [0.1, 0.15) is 43.7 Å². The van der Waals surface area contributed by atoms with Crippen LogP contribution in [0.3, 0.4) is 0 Å². The maximum atomic E-state index is 12.9. The first kappa shape index (κ1) is 25.9. The number of pyridine rings is 1. The van der Waals surface area contributed by atoms with Crippen LogP contribution in [0.5, 0.6) is 0 Å². The summed E-state index contributed by atoms with van der Waals surface area (Å²) in [6, 6.07) is 8.71. The third kappa shape index (κ3) is 4.19. The van der Waals surface area contributed by atoms with Crippen LogP contribution < -0.4 is 0 Å². The van der Waals surface area contributed by atoms with Crippen LogP contribution in [-0.2, 0) is 22.7 Å². The van der Waals surface area contributed by atoms with Crippen LogP contribution in [0.4, 0.5) is 0 Å². The zero-order valence-corrected chi connectivity index (χ0v) is 24.3. The third-order valence-corrected chi connectivity index (χ3v) is 10.4. The minimum absolute atomic E-state index is 0.0271. The van der Waals surface area contributed by atoms with E-state index < -0.39 is 0 Å². The number of carbonyl (C=O) groups is 2. The van der Waals surface area contributed by atoms with Crippen LogP contribution in [0.25, 0.3) is 21.3 Å². The quantitative estimate of drug-likeness (QED) is 0.374. The standard InChI is InChI=1S/C30H35ClN4O2S/c1-6-33-9-10-34(18(3)14-33)16-23-17(2)11-19(31)12-22(23)21-7-8-32-24-13-20(38-27(21)24)15-35-28(36)25-26(29(35)37)30(25,4)5/h7-8,11-13,18,25-26H,6,9-10,14-16H2,1-5H3/t18-,25?,26?/m0/s1. The molecule has 0 N–H and O–H groups in total. The molecule has 2 saturated heterocycles. The number of hydrogen-bond donors (Lipinski definition) is 0. The van der Waals surface area contributed by atoms with E-state index in [-0.39, 0.29) is 29.1 Å². The largest absolute Gasteiger partial charge is 0.301 e. The van der Waals surface area contributed by atoms with Crippen molar-refractivity contribution in [1.29, 1.82) is 0 Å². The lowest BCUT2D eigenvalue weighted by molar-refractivity contribution is -0.143. The predicted molar refractivity (Wildman–Crippen MR) is 153 cm³/mol. The summed E-state index contributed by atoms with van der Waals surface area (Å²) in [5, 5.41) is 0.724. The number of aromatic nitrogens is 1. The lowest BCUT2D eigenvalue weighted by Gasteiger charge is -2.40. The van der Waals surface area contributed by atoms with E-state index in [1.54, 1.807) is 11.3 Å². The Balaban J connectivity index is 1.33. The van der Waals surface area contributed by atoms with E-state index >= 15 is 0 Å². The maximum absolute atomic E-state index is 12.9. The van der Waals surface area contributed by atoms with Gasteiger partial charge < -0.3 is 4.90 Å². The van der Waals surface area contributed by atoms with Gasteiger partial charge in [0.2, 0.25) is 11.8 Å². The number of carbonyl (C=O) groups excluding carboxylic acids is 2. The van der Waals surface area contributed by atoms with E-state index in [0.29, 0.717) is 12.6 Å². The van der Waals surface area contributed by atoms with Crippen LogP contribution in [-0.4, -0.2) is 63.7 Å². The highest BCUT2D eigenvalue weighted by Gasteiger charge is 2.72. The molecular formula is C30H35ClN4O2S. The van der Waals surface area contributed by atoms with Gasteiger partial charge in [-0.1, -0.05) is 32.4 Å². The van der Waals surface area contributed by atoms with Gasteiger partial charge in [0.15, 0.2) is 0 Å². The number of nitrogens with zero attached hydrogens (tertiary/aromatic N) is 4. The Morgan fingerprint density at radius 3 is 2.50 bits per heavy atom. The fourth-order valence-corrected chi connectivity index (χ4v) is 8.02. The van der Waals surface area contributed by atoms with Gasteiger partial charge in [0.05, 0.1) is 28.6 Å². The van der Waals surface area contributed by atoms with Crippen LogP contribution in [0, 0.1) is 24.2 Å². The molecule has 8 heteroatoms. The summed E-state index contributed by atoms with van der Waals surface area (Å²) in [7, 11) is 0. The van der Waals surface area contributed by atoms with E-state index in [4.69, 9.17) is 11.6 Å². The number of piperazine rings is 1. The summed E-state index contributed by atoms with van der Waals surface area (Å²) in [4.78, 5) is 38.0. The summed E-state index contributed by atoms with van der Waals surface area (Å²) in [6.45, 7) is 16.2. The van der Waals surface area contributed by atoms with Gasteiger partial charge in [0.1, 0.15) is 0 Å². The van der Waals surface area contributed by atoms with Crippen molar-refractivity contribution < 1.29 is 9.59 Å². The Morgan fingerprint density at radius 1 is 1.08 bits per heavy atom. The van der Waals surface area contributed by atoms with Gasteiger partial charge in [-0.15, -0.1) is 11.3 Å². The Kier molecular flexibility index (Phi) is 6.42. The highest BCUT2D eigenvalue weighted by Crippen LogP contribution is 2.63. The molecule has 2 unspecified atom stereocenters. The summed E-state index contributed by atoms with van der Waals surface area (Å²) in [6.07, 6.45) is 1.85. The molecule has 2 amide bonds. The van der Waals surface area contributed by atoms with Gasteiger partial charge >= 0.3 is 0 Å². The molecule has 0 bridgehead atoms. The first-order valence-electron chi connectivity index (χ1n) is 13.6. The lowest BCUT2D eigenvalue weighted by atomic mass is 9.95. The second kappa shape index (κ2) is 9.40. The number of rotatable bonds is 6. The molecule has 3 atom stereocenters. The summed E-state index contributed by atoms with van der Waals surface area (Å²) in [5.74, 6) is -0.366. The summed E-state index contributed by atoms with van der Waals surface area (Å²) < 4.78 is 1.07. The van der Waals surface area contributed by atoms with Gasteiger partial charge in [0, 0.05) is 53.9 Å². The number of imide groups is 1. The van der Waals surface area contributed by atoms with E-state index in [1.165, 1.54) is 16.0 Å². The first-order chi connectivity index (χ1) is 18.1. The monoisotopic (exact) mass is 550 g/mol. The normalized spacial score (nSPS) is 25.4. The molecule has 38 heavy (non-hydrogen) atoms. The highest BCUT2D eigenvalue weighted by atomic mass is 35.5. The smallest absolute Gasteiger partial charge is 0.234 e. The average molecular weight is 551 g/mol. The van der Waals surface area contributed by atoms with Gasteiger partial charge in [-0.3, -0.25) is 24.4 Å². The molecular weight excluding hydrogens is 516 g/mol. The Hall–Kier alpha value is -2.32. The molecule has 3 fully saturated rings. The molecule has 3 aromatic rings. The van der Waals surface area contributed by atoms with Crippen molar-refractivity contribution in [2.24, 2.45) is 17.3 Å². The summed E-state index contributed by atoms with van der Waals surface area (Å²) >= 11 is 8.23. The molecule has 200 valence electrons. The lowest BCUT2D eigenvalue weighted by Crippen LogP contribution is -2.51. The molecule has 0 radical (unpaired) electrons. The highest BCUT2D eigenvalue weighted by molar-refractivity contribution is 7.19. The average Bonchev–Trinajstić information content (AvgIpc) is 3.11. The van der Waals surface area contributed by atoms with Crippen molar-refractivity contribution in [3.05, 3.63) is 51.5 Å². The second-order valence-corrected chi connectivity index (χ2v) is 13.4. The fourth-order valence-electron chi connectivity index (χ4n) is 6.61. The molecule has 1 aromatic carbocycles. The molecule has 3 aliphatic rings. The zero-order chi connectivity index (χ0) is 26.9. The van der Waals surface area contributed by atoms with Crippen LogP contribution >= 0.6 is 22.9 Å². The second-order valence-electron chi connectivity index (χ2n) is 11.8. The fraction of sp³-hybridized carbons (Fsp3) is 0.500. The molecule has 6 rings (SSSR count). The Bertz CT molecular complexity index is 1430. The molecule has 1 saturated carbocycles. The van der Waals surface area contributed by atoms with Gasteiger partial charge in [-0.2, -0.15) is 0 Å². The molecule has 2 aliphatic heterocycles. The molecule has 6 nitrogen and oxygen atoms in total. The van der Waals surface area contributed by atoms with Crippen molar-refractivity contribution in [3.8, 4) is 11.1 Å². The number of aryl methyl sites for hydroxylation is 1. The first-order valence-corrected chi connectivity index (χ1v) is 14.8. The van der Waals surface area contributed by atoms with Crippen LogP contribution in [0.15, 0.2) is 30.5 Å². The minimum Gasteiger partial charge on any atom is -0.301 e. The number of likely N-dealkylation sites (N-methyl/N-ethyl adjacent to an activating group) is 1. The summed E-state index contributed by atoms with van der Waals surface area (Å²) in [5.41, 5.74) is 5.42. The van der Waals surface area contributed by atoms with Gasteiger partial charge in [-0.05, 0) is 66.8 Å². The number of piperidine rings is 1. The number of likely N-dealkylation sites (tertiary alicyclic amines) is 1. The topological polar surface area (TPSA) is 56.8 Å². The van der Waals surface area contributed by atoms with Crippen molar-refractivity contribution in [2.45, 2.75) is 53.8 Å². The number of hydrogen-bond acceptors (Lipinski definition) is 6. The van der Waals surface area contributed by atoms with Crippen molar-refractivity contribution in [3.63, 3.8) is 0 Å². The molecule has 0 spiro atoms. The minimum atomic E-state index is -0.193. The van der Waals surface area contributed by atoms with Crippen molar-refractivity contribution in [1.82, 2.24) is 19.7 Å². The van der Waals surface area contributed by atoms with Gasteiger partial charge in [-0.25, -0.2) is 0 Å². The predicted octanol–water partition coefficient (Wildman–Crippen LogP) is 5.59. The van der Waals surface area contributed by atoms with E-state index in [2.05, 4.69) is 53.8 Å². The molecule has 4 heterocycles. The van der Waals surface area contributed by atoms with Gasteiger partial charge in [0.25, 0.3) is 0 Å². The third-order valence-electron chi connectivity index (χ3n) is 9.05. The molecule has 1 aliphatic carbocycles. The number of benzene rings is 1. The van der Waals surface area contributed by atoms with Crippen molar-refractivity contribution >= 4 is 45.0 Å². The van der Waals surface area contributed by atoms with E-state index in [9.17, 15) is 9.59 Å². The van der Waals surface area contributed by atoms with Crippen molar-refractivity contribution in [2.75, 3.05) is 26.2 Å². The number of thiophene rings is 1. The number of fused-ring (bicyclic) bond motifs is 2. The Morgan fingerprint density at radius 2 is 1.82 bits per heavy atom. The van der Waals surface area contributed by atoms with E-state index in [1.807, 2.05) is 26.1 Å².